The second kappa shape index (κ2) is 9.91. The second-order valence-corrected chi connectivity index (χ2v) is 7.80. The van der Waals surface area contributed by atoms with Crippen molar-refractivity contribution in [2.75, 3.05) is 31.8 Å². The van der Waals surface area contributed by atoms with Crippen molar-refractivity contribution in [2.45, 2.75) is 19.6 Å². The molecule has 32 heavy (non-hydrogen) atoms. The summed E-state index contributed by atoms with van der Waals surface area (Å²) in [5.41, 5.74) is 3.92. The molecule has 1 atom stereocenters. The van der Waals surface area contributed by atoms with E-state index >= 15 is 0 Å². The van der Waals surface area contributed by atoms with Crippen molar-refractivity contribution in [3.05, 3.63) is 71.9 Å². The highest BCUT2D eigenvalue weighted by Crippen LogP contribution is 2.28. The molecule has 0 bridgehead atoms. The number of hydrogen-bond acceptors (Lipinski definition) is 5. The van der Waals surface area contributed by atoms with Crippen LogP contribution in [0.1, 0.15) is 12.5 Å². The van der Waals surface area contributed by atoms with E-state index in [4.69, 9.17) is 4.74 Å². The highest BCUT2D eigenvalue weighted by Gasteiger charge is 2.29. The van der Waals surface area contributed by atoms with Crippen LogP contribution in [0, 0.1) is 0 Å². The van der Waals surface area contributed by atoms with Crippen molar-refractivity contribution in [1.29, 1.82) is 0 Å². The number of hydrazone groups is 1. The Hall–Kier alpha value is -3.26. The summed E-state index contributed by atoms with van der Waals surface area (Å²) in [6.07, 6.45) is 3.33. The Labute approximate surface area is 187 Å². The van der Waals surface area contributed by atoms with E-state index in [1.165, 1.54) is 5.01 Å². The van der Waals surface area contributed by atoms with Gasteiger partial charge >= 0.3 is 0 Å². The fourth-order valence-electron chi connectivity index (χ4n) is 3.86. The molecule has 3 aromatic rings. The van der Waals surface area contributed by atoms with Gasteiger partial charge in [-0.1, -0.05) is 36.4 Å². The van der Waals surface area contributed by atoms with E-state index in [0.717, 1.165) is 22.2 Å². The summed E-state index contributed by atoms with van der Waals surface area (Å²) in [5.74, 6) is -0.145. The fourth-order valence-corrected chi connectivity index (χ4v) is 3.86. The maximum atomic E-state index is 13.1. The highest BCUT2D eigenvalue weighted by atomic mass is 16.5. The third kappa shape index (κ3) is 4.65. The van der Waals surface area contributed by atoms with Crippen LogP contribution in [0.3, 0.4) is 0 Å². The number of hydrogen-bond donors (Lipinski definition) is 2. The first-order chi connectivity index (χ1) is 15.6. The number of nitrogens with zero attached hydrogens (tertiary/aromatic N) is 3. The quantitative estimate of drug-likeness (QED) is 0.402. The number of carbonyl (C=O) groups excluding carboxylic acids is 1. The number of rotatable bonds is 9. The van der Waals surface area contributed by atoms with Crippen molar-refractivity contribution in [3.8, 4) is 0 Å². The molecule has 0 aliphatic carbocycles. The molecule has 1 aliphatic heterocycles. The second-order valence-electron chi connectivity index (χ2n) is 7.80. The summed E-state index contributed by atoms with van der Waals surface area (Å²) >= 11 is 0. The zero-order valence-corrected chi connectivity index (χ0v) is 18.4. The van der Waals surface area contributed by atoms with Gasteiger partial charge in [-0.2, -0.15) is 10.1 Å². The average Bonchev–Trinajstić information content (AvgIpc) is 3.29. The smallest absolute Gasteiger partial charge is 0.280 e. The Morgan fingerprint density at radius 3 is 2.69 bits per heavy atom. The maximum Gasteiger partial charge on any atom is 0.280 e. The first kappa shape index (κ1) is 22.0. The van der Waals surface area contributed by atoms with Crippen molar-refractivity contribution in [1.82, 2.24) is 9.88 Å². The Bertz CT molecular complexity index is 1150. The van der Waals surface area contributed by atoms with Gasteiger partial charge in [-0.05, 0) is 31.2 Å². The molecule has 166 valence electrons. The lowest BCUT2D eigenvalue weighted by atomic mass is 10.1. The molecule has 7 heteroatoms. The van der Waals surface area contributed by atoms with Crippen LogP contribution in [0.2, 0.25) is 0 Å². The first-order valence-electron chi connectivity index (χ1n) is 10.7. The molecule has 1 amide bonds. The first-order valence-corrected chi connectivity index (χ1v) is 10.7. The van der Waals surface area contributed by atoms with Crippen LogP contribution in [0.15, 0.2) is 71.5 Å². The molecule has 7 nitrogen and oxygen atoms in total. The summed E-state index contributed by atoms with van der Waals surface area (Å²) in [4.78, 5) is 13.1. The van der Waals surface area contributed by atoms with Gasteiger partial charge in [-0.25, -0.2) is 0 Å². The number of ether oxygens (including phenoxy) is 1. The number of methoxy groups -OCH3 is 1. The topological polar surface area (TPSA) is 79.1 Å². The third-order valence-corrected chi connectivity index (χ3v) is 5.45. The molecular weight excluding hydrogens is 404 g/mol. The minimum Gasteiger partial charge on any atom is -0.390 e. The SMILES string of the molecule is COCCNCC(O)Cn1cc(C=C2C(=O)N(c3ccccc3)N=C2C)c2ccccc21. The van der Waals surface area contributed by atoms with Gasteiger partial charge in [-0.3, -0.25) is 4.79 Å². The Morgan fingerprint density at radius 2 is 1.91 bits per heavy atom. The normalized spacial score (nSPS) is 16.2. The molecule has 1 aromatic heterocycles. The minimum absolute atomic E-state index is 0.145. The number of amides is 1. The molecule has 4 rings (SSSR count). The van der Waals surface area contributed by atoms with E-state index in [0.29, 0.717) is 37.5 Å². The van der Waals surface area contributed by atoms with Crippen LogP contribution in [-0.2, 0) is 16.1 Å². The number of nitrogens with one attached hydrogen (secondary N) is 1. The number of aromatic nitrogens is 1. The van der Waals surface area contributed by atoms with Crippen molar-refractivity contribution in [2.24, 2.45) is 5.10 Å². The number of para-hydroxylation sites is 2. The van der Waals surface area contributed by atoms with Gasteiger partial charge < -0.3 is 19.7 Å². The van der Waals surface area contributed by atoms with E-state index in [1.54, 1.807) is 7.11 Å². The predicted molar refractivity (Wildman–Crippen MR) is 128 cm³/mol. The van der Waals surface area contributed by atoms with Crippen molar-refractivity contribution < 1.29 is 14.6 Å². The molecular formula is C25H28N4O3. The number of benzene rings is 2. The molecule has 2 N–H and O–H groups in total. The zero-order chi connectivity index (χ0) is 22.5. The highest BCUT2D eigenvalue weighted by molar-refractivity contribution is 6.32. The molecule has 0 fully saturated rings. The van der Waals surface area contributed by atoms with Crippen LogP contribution in [-0.4, -0.2) is 54.2 Å². The molecule has 2 heterocycles. The minimum atomic E-state index is -0.548. The number of fused-ring (bicyclic) bond motifs is 1. The van der Waals surface area contributed by atoms with Crippen LogP contribution in [0.25, 0.3) is 17.0 Å². The lowest BCUT2D eigenvalue weighted by Gasteiger charge is -2.13. The molecule has 2 aromatic carbocycles. The summed E-state index contributed by atoms with van der Waals surface area (Å²) in [5, 5.41) is 20.6. The fraction of sp³-hybridized carbons (Fsp3) is 0.280. The van der Waals surface area contributed by atoms with Gasteiger partial charge in [0.1, 0.15) is 0 Å². The van der Waals surface area contributed by atoms with Gasteiger partial charge in [-0.15, -0.1) is 0 Å². The summed E-state index contributed by atoms with van der Waals surface area (Å²) in [6.45, 7) is 4.06. The molecule has 1 aliphatic rings. The maximum absolute atomic E-state index is 13.1. The third-order valence-electron chi connectivity index (χ3n) is 5.45. The number of aliphatic hydroxyl groups excluding tert-OH is 1. The molecule has 1 unspecified atom stereocenters. The molecule has 0 saturated carbocycles. The van der Waals surface area contributed by atoms with E-state index < -0.39 is 6.10 Å². The lowest BCUT2D eigenvalue weighted by Crippen LogP contribution is -2.32. The van der Waals surface area contributed by atoms with Gasteiger partial charge in [0.05, 0.1) is 29.7 Å². The Morgan fingerprint density at radius 1 is 1.16 bits per heavy atom. The Balaban J connectivity index is 1.59. The standard InChI is InChI=1S/C25H28N4O3/c1-18-23(25(31)29(27-18)20-8-4-3-5-9-20)14-19-16-28(24-11-7-6-10-22(19)24)17-21(30)15-26-12-13-32-2/h3-11,14,16,21,26,30H,12-13,15,17H2,1-2H3. The van der Waals surface area contributed by atoms with Crippen molar-refractivity contribution >= 4 is 34.3 Å². The van der Waals surface area contributed by atoms with E-state index in [9.17, 15) is 9.90 Å². The Kier molecular flexibility index (Phi) is 6.80. The van der Waals surface area contributed by atoms with Crippen molar-refractivity contribution in [3.63, 3.8) is 0 Å². The van der Waals surface area contributed by atoms with E-state index in [1.807, 2.05) is 78.4 Å². The van der Waals surface area contributed by atoms with Crippen LogP contribution < -0.4 is 10.3 Å². The predicted octanol–water partition coefficient (Wildman–Crippen LogP) is 3.04. The van der Waals surface area contributed by atoms with Crippen LogP contribution in [0.5, 0.6) is 0 Å². The largest absolute Gasteiger partial charge is 0.390 e. The van der Waals surface area contributed by atoms with Crippen LogP contribution in [0.4, 0.5) is 5.69 Å². The lowest BCUT2D eigenvalue weighted by molar-refractivity contribution is -0.114. The molecule has 0 radical (unpaired) electrons. The van der Waals surface area contributed by atoms with Gasteiger partial charge in [0.2, 0.25) is 0 Å². The summed E-state index contributed by atoms with van der Waals surface area (Å²) in [6, 6.07) is 17.4. The van der Waals surface area contributed by atoms with Gasteiger partial charge in [0.25, 0.3) is 5.91 Å². The number of carbonyl (C=O) groups is 1. The summed E-state index contributed by atoms with van der Waals surface area (Å²) < 4.78 is 7.06. The number of aliphatic hydroxyl groups is 1. The zero-order valence-electron chi connectivity index (χ0n) is 18.4. The van der Waals surface area contributed by atoms with E-state index in [2.05, 4.69) is 10.4 Å². The van der Waals surface area contributed by atoms with E-state index in [-0.39, 0.29) is 5.91 Å². The molecule has 0 saturated heterocycles. The number of anilines is 1. The van der Waals surface area contributed by atoms with Gasteiger partial charge in [0.15, 0.2) is 0 Å². The van der Waals surface area contributed by atoms with Crippen LogP contribution >= 0.6 is 0 Å². The monoisotopic (exact) mass is 432 g/mol. The van der Waals surface area contributed by atoms with Gasteiger partial charge in [0, 0.05) is 49.4 Å². The summed E-state index contributed by atoms with van der Waals surface area (Å²) in [7, 11) is 1.65. The average molecular weight is 433 g/mol. The molecule has 0 spiro atoms.